The van der Waals surface area contributed by atoms with Crippen molar-refractivity contribution < 1.29 is 13.6 Å². The third kappa shape index (κ3) is 2.86. The zero-order valence-electron chi connectivity index (χ0n) is 13.4. The maximum atomic E-state index is 13.9. The molecule has 2 aromatic heterocycles. The van der Waals surface area contributed by atoms with Crippen molar-refractivity contribution in [3.63, 3.8) is 0 Å². The van der Waals surface area contributed by atoms with Gasteiger partial charge in [-0.2, -0.15) is 0 Å². The number of carbonyl (C=O) groups is 1. The van der Waals surface area contributed by atoms with E-state index >= 15 is 0 Å². The Hall–Kier alpha value is -2.83. The first-order valence-corrected chi connectivity index (χ1v) is 8.17. The minimum absolute atomic E-state index is 0.0265. The number of nitrogens with zero attached hydrogens (tertiary/aromatic N) is 4. The molecule has 1 aromatic carbocycles. The van der Waals surface area contributed by atoms with Crippen LogP contribution in [0.2, 0.25) is 0 Å². The maximum Gasteiger partial charge on any atom is 0.256 e. The van der Waals surface area contributed by atoms with E-state index in [9.17, 15) is 13.6 Å². The number of aromatic nitrogens is 3. The van der Waals surface area contributed by atoms with Crippen LogP contribution in [-0.4, -0.2) is 38.5 Å². The molecule has 5 nitrogen and oxygen atoms in total. The molecule has 0 spiro atoms. The number of likely N-dealkylation sites (tertiary alicyclic amines) is 1. The second-order valence-corrected chi connectivity index (χ2v) is 6.20. The number of piperidine rings is 1. The monoisotopic (exact) mass is 342 g/mol. The number of hydrogen-bond acceptors (Lipinski definition) is 3. The van der Waals surface area contributed by atoms with E-state index < -0.39 is 17.5 Å². The van der Waals surface area contributed by atoms with E-state index in [4.69, 9.17) is 0 Å². The van der Waals surface area contributed by atoms with Crippen molar-refractivity contribution in [2.45, 2.75) is 18.8 Å². The molecule has 1 amide bonds. The van der Waals surface area contributed by atoms with E-state index in [1.807, 2.05) is 28.8 Å². The van der Waals surface area contributed by atoms with E-state index in [1.165, 1.54) is 6.07 Å². The van der Waals surface area contributed by atoms with Crippen LogP contribution in [0, 0.1) is 11.6 Å². The number of halogens is 2. The summed E-state index contributed by atoms with van der Waals surface area (Å²) in [7, 11) is 0. The molecular formula is C18H16F2N4O. The van der Waals surface area contributed by atoms with Gasteiger partial charge in [-0.1, -0.05) is 6.07 Å². The number of fused-ring (bicyclic) bond motifs is 1. The van der Waals surface area contributed by atoms with Crippen molar-refractivity contribution >= 4 is 11.6 Å². The van der Waals surface area contributed by atoms with Gasteiger partial charge in [0.2, 0.25) is 0 Å². The molecule has 1 aliphatic rings. The maximum absolute atomic E-state index is 13.9. The standard InChI is InChI=1S/C18H16F2N4O/c19-13-6-7-14(15(20)10-13)18(25)23-8-3-4-12(11-23)17-22-21-16-5-1-2-9-24(16)17/h1-2,5-7,9-10,12H,3-4,8,11H2. The summed E-state index contributed by atoms with van der Waals surface area (Å²) in [6.07, 6.45) is 3.57. The first-order valence-electron chi connectivity index (χ1n) is 8.17. The lowest BCUT2D eigenvalue weighted by atomic mass is 9.96. The van der Waals surface area contributed by atoms with Crippen molar-refractivity contribution in [2.24, 2.45) is 0 Å². The minimum atomic E-state index is -0.833. The fourth-order valence-electron chi connectivity index (χ4n) is 3.34. The zero-order valence-corrected chi connectivity index (χ0v) is 13.4. The Morgan fingerprint density at radius 3 is 2.88 bits per heavy atom. The lowest BCUT2D eigenvalue weighted by Crippen LogP contribution is -2.40. The molecule has 3 aromatic rings. The average Bonchev–Trinajstić information content (AvgIpc) is 3.05. The zero-order chi connectivity index (χ0) is 17.4. The predicted molar refractivity (Wildman–Crippen MR) is 87.2 cm³/mol. The lowest BCUT2D eigenvalue weighted by Gasteiger charge is -2.32. The predicted octanol–water partition coefficient (Wildman–Crippen LogP) is 3.03. The molecule has 1 saturated heterocycles. The fourth-order valence-corrected chi connectivity index (χ4v) is 3.34. The van der Waals surface area contributed by atoms with Gasteiger partial charge >= 0.3 is 0 Å². The van der Waals surface area contributed by atoms with Crippen LogP contribution in [0.25, 0.3) is 5.65 Å². The fraction of sp³-hybridized carbons (Fsp3) is 0.278. The van der Waals surface area contributed by atoms with Crippen molar-refractivity contribution in [1.29, 1.82) is 0 Å². The van der Waals surface area contributed by atoms with Crippen molar-refractivity contribution in [1.82, 2.24) is 19.5 Å². The molecule has 1 atom stereocenters. The van der Waals surface area contributed by atoms with Crippen LogP contribution in [0.15, 0.2) is 42.6 Å². The Morgan fingerprint density at radius 1 is 1.16 bits per heavy atom. The number of carbonyl (C=O) groups excluding carboxylic acids is 1. The molecule has 0 radical (unpaired) electrons. The third-order valence-corrected chi connectivity index (χ3v) is 4.58. The number of benzene rings is 1. The van der Waals surface area contributed by atoms with Gasteiger partial charge in [0.05, 0.1) is 5.56 Å². The van der Waals surface area contributed by atoms with Gasteiger partial charge in [0.1, 0.15) is 17.5 Å². The van der Waals surface area contributed by atoms with Gasteiger partial charge in [-0.05, 0) is 37.1 Å². The summed E-state index contributed by atoms with van der Waals surface area (Å²) in [5, 5.41) is 8.42. The minimum Gasteiger partial charge on any atom is -0.338 e. The van der Waals surface area contributed by atoms with E-state index in [-0.39, 0.29) is 11.5 Å². The number of amides is 1. The Balaban J connectivity index is 1.59. The summed E-state index contributed by atoms with van der Waals surface area (Å²) in [6.45, 7) is 0.980. The summed E-state index contributed by atoms with van der Waals surface area (Å²) in [5.74, 6) is -1.12. The highest BCUT2D eigenvalue weighted by molar-refractivity contribution is 5.94. The van der Waals surface area contributed by atoms with Gasteiger partial charge in [0, 0.05) is 31.3 Å². The molecule has 1 aliphatic heterocycles. The number of hydrogen-bond donors (Lipinski definition) is 0. The van der Waals surface area contributed by atoms with E-state index in [2.05, 4.69) is 10.2 Å². The normalized spacial score (nSPS) is 17.8. The highest BCUT2D eigenvalue weighted by atomic mass is 19.1. The smallest absolute Gasteiger partial charge is 0.256 e. The highest BCUT2D eigenvalue weighted by Crippen LogP contribution is 2.27. The molecule has 0 N–H and O–H groups in total. The van der Waals surface area contributed by atoms with Gasteiger partial charge in [0.15, 0.2) is 5.65 Å². The van der Waals surface area contributed by atoms with Crippen molar-refractivity contribution in [3.05, 3.63) is 65.6 Å². The Bertz CT molecular complexity index is 940. The SMILES string of the molecule is O=C(c1ccc(F)cc1F)N1CCCC(c2nnc3ccccn23)C1. The number of pyridine rings is 1. The average molecular weight is 342 g/mol. The molecule has 25 heavy (non-hydrogen) atoms. The molecule has 1 fully saturated rings. The quantitative estimate of drug-likeness (QED) is 0.719. The molecule has 0 saturated carbocycles. The first kappa shape index (κ1) is 15.7. The molecule has 0 bridgehead atoms. The Labute approximate surface area is 142 Å². The summed E-state index contributed by atoms with van der Waals surface area (Å²) in [4.78, 5) is 14.2. The largest absolute Gasteiger partial charge is 0.338 e. The summed E-state index contributed by atoms with van der Waals surface area (Å²) in [6, 6.07) is 8.70. The van der Waals surface area contributed by atoms with E-state index in [1.54, 1.807) is 4.90 Å². The molecular weight excluding hydrogens is 326 g/mol. The van der Waals surface area contributed by atoms with E-state index in [0.717, 1.165) is 36.4 Å². The topological polar surface area (TPSA) is 50.5 Å². The van der Waals surface area contributed by atoms with Crippen molar-refractivity contribution in [2.75, 3.05) is 13.1 Å². The van der Waals surface area contributed by atoms with Gasteiger partial charge in [0.25, 0.3) is 5.91 Å². The molecule has 128 valence electrons. The van der Waals surface area contributed by atoms with Crippen molar-refractivity contribution in [3.8, 4) is 0 Å². The second kappa shape index (κ2) is 6.23. The Morgan fingerprint density at radius 2 is 2.04 bits per heavy atom. The van der Waals surface area contributed by atoms with Gasteiger partial charge in [-0.3, -0.25) is 9.20 Å². The molecule has 1 unspecified atom stereocenters. The number of rotatable bonds is 2. The van der Waals surface area contributed by atoms with Crippen LogP contribution >= 0.6 is 0 Å². The highest BCUT2D eigenvalue weighted by Gasteiger charge is 2.29. The van der Waals surface area contributed by atoms with Gasteiger partial charge in [-0.25, -0.2) is 8.78 Å². The summed E-state index contributed by atoms with van der Waals surface area (Å²) in [5.41, 5.74) is 0.652. The summed E-state index contributed by atoms with van der Waals surface area (Å²) >= 11 is 0. The van der Waals surface area contributed by atoms with Crippen LogP contribution in [0.3, 0.4) is 0 Å². The van der Waals surface area contributed by atoms with Crippen LogP contribution in [-0.2, 0) is 0 Å². The lowest BCUT2D eigenvalue weighted by molar-refractivity contribution is 0.0699. The molecule has 4 rings (SSSR count). The van der Waals surface area contributed by atoms with Crippen LogP contribution in [0.1, 0.15) is 34.9 Å². The van der Waals surface area contributed by atoms with Crippen LogP contribution in [0.5, 0.6) is 0 Å². The molecule has 3 heterocycles. The third-order valence-electron chi connectivity index (χ3n) is 4.58. The van der Waals surface area contributed by atoms with Gasteiger partial charge < -0.3 is 4.90 Å². The first-order chi connectivity index (χ1) is 12.1. The Kier molecular flexibility index (Phi) is 3.91. The summed E-state index contributed by atoms with van der Waals surface area (Å²) < 4.78 is 28.9. The molecule has 7 heteroatoms. The van der Waals surface area contributed by atoms with Crippen LogP contribution in [0.4, 0.5) is 8.78 Å². The second-order valence-electron chi connectivity index (χ2n) is 6.20. The van der Waals surface area contributed by atoms with E-state index in [0.29, 0.717) is 13.1 Å². The molecule has 0 aliphatic carbocycles. The van der Waals surface area contributed by atoms with Crippen LogP contribution < -0.4 is 0 Å². The van der Waals surface area contributed by atoms with Gasteiger partial charge in [-0.15, -0.1) is 10.2 Å².